The zero-order valence-corrected chi connectivity index (χ0v) is 8.33. The fourth-order valence-corrected chi connectivity index (χ4v) is 1.27. The number of carbonyl (C=O) groups is 1. The van der Waals surface area contributed by atoms with E-state index >= 15 is 0 Å². The van der Waals surface area contributed by atoms with Gasteiger partial charge in [-0.25, -0.2) is 0 Å². The number of hydrogen-bond donors (Lipinski definition) is 2. The topological polar surface area (TPSA) is 61.6 Å². The Hall–Kier alpha value is -0.260. The van der Waals surface area contributed by atoms with Crippen LogP contribution in [0.15, 0.2) is 0 Å². The average molecular weight is 205 g/mol. The van der Waals surface area contributed by atoms with E-state index in [1.54, 1.807) is 0 Å². The summed E-state index contributed by atoms with van der Waals surface area (Å²) in [6, 6.07) is -0.605. The molecule has 0 spiro atoms. The van der Waals surface area contributed by atoms with Crippen molar-refractivity contribution in [2.75, 3.05) is 19.0 Å². The first-order chi connectivity index (χ1) is 6.24. The SMILES string of the molecule is NC(CS)C(=O)OC1CCOCC1. The molecule has 1 unspecified atom stereocenters. The lowest BCUT2D eigenvalue weighted by Gasteiger charge is -2.23. The number of esters is 1. The molecule has 0 saturated carbocycles. The second-order valence-electron chi connectivity index (χ2n) is 3.04. The van der Waals surface area contributed by atoms with E-state index in [1.165, 1.54) is 0 Å². The minimum absolute atomic E-state index is 0.0211. The summed E-state index contributed by atoms with van der Waals surface area (Å²) >= 11 is 3.92. The van der Waals surface area contributed by atoms with Crippen molar-refractivity contribution < 1.29 is 14.3 Å². The van der Waals surface area contributed by atoms with Crippen LogP contribution in [0.2, 0.25) is 0 Å². The van der Waals surface area contributed by atoms with Crippen molar-refractivity contribution in [3.63, 3.8) is 0 Å². The van der Waals surface area contributed by atoms with Gasteiger partial charge in [0.1, 0.15) is 12.1 Å². The van der Waals surface area contributed by atoms with Gasteiger partial charge in [-0.1, -0.05) is 0 Å². The summed E-state index contributed by atoms with van der Waals surface area (Å²) in [5, 5.41) is 0. The first kappa shape index (κ1) is 10.8. The van der Waals surface area contributed by atoms with Crippen molar-refractivity contribution in [1.29, 1.82) is 0 Å². The molecule has 4 nitrogen and oxygen atoms in total. The van der Waals surface area contributed by atoms with E-state index in [-0.39, 0.29) is 12.1 Å². The summed E-state index contributed by atoms with van der Waals surface area (Å²) in [7, 11) is 0. The number of thiol groups is 1. The van der Waals surface area contributed by atoms with E-state index in [1.807, 2.05) is 0 Å². The van der Waals surface area contributed by atoms with E-state index in [0.717, 1.165) is 12.8 Å². The van der Waals surface area contributed by atoms with Crippen molar-refractivity contribution >= 4 is 18.6 Å². The molecule has 1 atom stereocenters. The Morgan fingerprint density at radius 3 is 2.77 bits per heavy atom. The summed E-state index contributed by atoms with van der Waals surface area (Å²) in [4.78, 5) is 11.2. The molecule has 0 aromatic heterocycles. The summed E-state index contributed by atoms with van der Waals surface area (Å²) in [6.07, 6.45) is 1.52. The van der Waals surface area contributed by atoms with Crippen LogP contribution in [0.4, 0.5) is 0 Å². The first-order valence-electron chi connectivity index (χ1n) is 4.38. The van der Waals surface area contributed by atoms with Crippen molar-refractivity contribution in [2.45, 2.75) is 25.0 Å². The Morgan fingerprint density at radius 2 is 2.23 bits per heavy atom. The molecule has 1 saturated heterocycles. The monoisotopic (exact) mass is 205 g/mol. The van der Waals surface area contributed by atoms with Crippen LogP contribution in [0.25, 0.3) is 0 Å². The third-order valence-corrected chi connectivity index (χ3v) is 2.34. The molecule has 0 aliphatic carbocycles. The fourth-order valence-electron chi connectivity index (χ4n) is 1.12. The molecule has 0 bridgehead atoms. The summed E-state index contributed by atoms with van der Waals surface area (Å²) < 4.78 is 10.3. The van der Waals surface area contributed by atoms with Gasteiger partial charge in [0, 0.05) is 18.6 Å². The second-order valence-corrected chi connectivity index (χ2v) is 3.40. The van der Waals surface area contributed by atoms with Gasteiger partial charge in [-0.3, -0.25) is 4.79 Å². The molecule has 13 heavy (non-hydrogen) atoms. The van der Waals surface area contributed by atoms with Gasteiger partial charge < -0.3 is 15.2 Å². The summed E-state index contributed by atoms with van der Waals surface area (Å²) in [5.41, 5.74) is 5.45. The maximum absolute atomic E-state index is 11.2. The van der Waals surface area contributed by atoms with Gasteiger partial charge in [0.25, 0.3) is 0 Å². The fraction of sp³-hybridized carbons (Fsp3) is 0.875. The Bertz CT molecular complexity index is 171. The standard InChI is InChI=1S/C8H15NO3S/c9-7(5-13)8(10)12-6-1-3-11-4-2-6/h6-7,13H,1-5,9H2. The smallest absolute Gasteiger partial charge is 0.324 e. The van der Waals surface area contributed by atoms with Crippen LogP contribution in [-0.4, -0.2) is 37.1 Å². The lowest BCUT2D eigenvalue weighted by Crippen LogP contribution is -2.37. The van der Waals surface area contributed by atoms with Gasteiger partial charge in [-0.2, -0.15) is 12.6 Å². The molecule has 1 heterocycles. The van der Waals surface area contributed by atoms with Gasteiger partial charge in [0.15, 0.2) is 0 Å². The second kappa shape index (κ2) is 5.47. The van der Waals surface area contributed by atoms with Crippen molar-refractivity contribution in [3.05, 3.63) is 0 Å². The minimum Gasteiger partial charge on any atom is -0.461 e. The summed E-state index contributed by atoms with van der Waals surface area (Å²) in [5.74, 6) is -0.0379. The third-order valence-electron chi connectivity index (χ3n) is 1.95. The number of rotatable bonds is 3. The highest BCUT2D eigenvalue weighted by Gasteiger charge is 2.21. The third kappa shape index (κ3) is 3.54. The Labute approximate surface area is 83.2 Å². The first-order valence-corrected chi connectivity index (χ1v) is 5.02. The number of hydrogen-bond acceptors (Lipinski definition) is 5. The molecule has 0 amide bonds. The minimum atomic E-state index is -0.605. The molecular weight excluding hydrogens is 190 g/mol. The molecule has 1 rings (SSSR count). The average Bonchev–Trinajstić information content (AvgIpc) is 2.18. The van der Waals surface area contributed by atoms with Crippen molar-refractivity contribution in [2.24, 2.45) is 5.73 Å². The van der Waals surface area contributed by atoms with E-state index in [9.17, 15) is 4.79 Å². The number of nitrogens with two attached hydrogens (primary N) is 1. The molecule has 1 fully saturated rings. The van der Waals surface area contributed by atoms with Crippen LogP contribution < -0.4 is 5.73 Å². The molecule has 2 N–H and O–H groups in total. The molecule has 76 valence electrons. The summed E-state index contributed by atoms with van der Waals surface area (Å²) in [6.45, 7) is 1.32. The van der Waals surface area contributed by atoms with Crippen molar-refractivity contribution in [3.8, 4) is 0 Å². The predicted octanol–water partition coefficient (Wildman–Crippen LogP) is -0.0343. The lowest BCUT2D eigenvalue weighted by molar-refractivity contribution is -0.154. The van der Waals surface area contributed by atoms with E-state index in [4.69, 9.17) is 15.2 Å². The van der Waals surface area contributed by atoms with E-state index in [2.05, 4.69) is 12.6 Å². The Kier molecular flexibility index (Phi) is 4.55. The Balaban J connectivity index is 2.26. The predicted molar refractivity (Wildman–Crippen MR) is 51.8 cm³/mol. The highest BCUT2D eigenvalue weighted by Crippen LogP contribution is 2.11. The highest BCUT2D eigenvalue weighted by molar-refractivity contribution is 7.80. The molecule has 1 aliphatic rings. The Morgan fingerprint density at radius 1 is 1.62 bits per heavy atom. The zero-order chi connectivity index (χ0) is 9.68. The number of ether oxygens (including phenoxy) is 2. The van der Waals surface area contributed by atoms with Gasteiger partial charge in [0.05, 0.1) is 13.2 Å². The zero-order valence-electron chi connectivity index (χ0n) is 7.44. The quantitative estimate of drug-likeness (QED) is 0.501. The van der Waals surface area contributed by atoms with Gasteiger partial charge in [0.2, 0.25) is 0 Å². The molecular formula is C8H15NO3S. The van der Waals surface area contributed by atoms with Crippen molar-refractivity contribution in [1.82, 2.24) is 0 Å². The highest BCUT2D eigenvalue weighted by atomic mass is 32.1. The largest absolute Gasteiger partial charge is 0.461 e. The molecule has 0 aromatic carbocycles. The van der Waals surface area contributed by atoms with Crippen LogP contribution in [-0.2, 0) is 14.3 Å². The van der Waals surface area contributed by atoms with E-state index in [0.29, 0.717) is 19.0 Å². The maximum atomic E-state index is 11.2. The molecule has 1 aliphatic heterocycles. The molecule has 5 heteroatoms. The lowest BCUT2D eigenvalue weighted by atomic mass is 10.1. The molecule has 0 aromatic rings. The van der Waals surface area contributed by atoms with Crippen LogP contribution in [0.5, 0.6) is 0 Å². The van der Waals surface area contributed by atoms with Crippen LogP contribution in [0, 0.1) is 0 Å². The molecule has 0 radical (unpaired) electrons. The van der Waals surface area contributed by atoms with Gasteiger partial charge in [-0.05, 0) is 0 Å². The van der Waals surface area contributed by atoms with Crippen LogP contribution in [0.3, 0.4) is 0 Å². The van der Waals surface area contributed by atoms with Crippen LogP contribution >= 0.6 is 12.6 Å². The maximum Gasteiger partial charge on any atom is 0.324 e. The van der Waals surface area contributed by atoms with Gasteiger partial charge in [-0.15, -0.1) is 0 Å². The number of carbonyl (C=O) groups excluding carboxylic acids is 1. The van der Waals surface area contributed by atoms with Crippen LogP contribution in [0.1, 0.15) is 12.8 Å². The normalized spacial score (nSPS) is 21.1. The van der Waals surface area contributed by atoms with Gasteiger partial charge >= 0.3 is 5.97 Å². The van der Waals surface area contributed by atoms with E-state index < -0.39 is 6.04 Å².